The average molecular weight is 208 g/mol. The highest BCUT2D eigenvalue weighted by atomic mass is 16.3. The summed E-state index contributed by atoms with van der Waals surface area (Å²) in [5.41, 5.74) is 13.1. The van der Waals surface area contributed by atoms with E-state index < -0.39 is 0 Å². The summed E-state index contributed by atoms with van der Waals surface area (Å²) in [4.78, 5) is 0. The van der Waals surface area contributed by atoms with Gasteiger partial charge < -0.3 is 16.6 Å². The zero-order valence-electron chi connectivity index (χ0n) is 9.24. The minimum absolute atomic E-state index is 0.0866. The molecule has 1 aromatic rings. The molecule has 3 nitrogen and oxygen atoms in total. The summed E-state index contributed by atoms with van der Waals surface area (Å²) in [6.07, 6.45) is 2.86. The van der Waals surface area contributed by atoms with Gasteiger partial charge in [0.2, 0.25) is 0 Å². The van der Waals surface area contributed by atoms with Crippen molar-refractivity contribution in [3.63, 3.8) is 0 Å². The number of nitrogens with two attached hydrogens (primary N) is 2. The van der Waals surface area contributed by atoms with Gasteiger partial charge in [-0.25, -0.2) is 0 Å². The highest BCUT2D eigenvalue weighted by Crippen LogP contribution is 2.28. The van der Waals surface area contributed by atoms with Gasteiger partial charge in [-0.3, -0.25) is 0 Å². The Morgan fingerprint density at radius 3 is 2.73 bits per heavy atom. The smallest absolute Gasteiger partial charge is 0.123 e. The molecule has 0 aromatic heterocycles. The summed E-state index contributed by atoms with van der Waals surface area (Å²) < 4.78 is 0. The van der Waals surface area contributed by atoms with Crippen LogP contribution in [0.1, 0.15) is 36.4 Å². The van der Waals surface area contributed by atoms with Crippen LogP contribution in [-0.2, 0) is 0 Å². The van der Waals surface area contributed by atoms with Gasteiger partial charge >= 0.3 is 0 Å². The van der Waals surface area contributed by atoms with E-state index in [2.05, 4.69) is 0 Å². The van der Waals surface area contributed by atoms with Crippen molar-refractivity contribution in [1.82, 2.24) is 0 Å². The lowest BCUT2D eigenvalue weighted by Crippen LogP contribution is -2.11. The van der Waals surface area contributed by atoms with Gasteiger partial charge in [0.25, 0.3) is 0 Å². The van der Waals surface area contributed by atoms with Crippen LogP contribution in [0, 0.1) is 6.92 Å². The molecule has 1 rings (SSSR count). The van der Waals surface area contributed by atoms with Gasteiger partial charge in [-0.15, -0.1) is 0 Å². The van der Waals surface area contributed by atoms with E-state index in [9.17, 15) is 5.11 Å². The van der Waals surface area contributed by atoms with Crippen LogP contribution in [0.2, 0.25) is 0 Å². The predicted octanol–water partition coefficient (Wildman–Crippen LogP) is 1.83. The predicted molar refractivity (Wildman–Crippen MR) is 62.7 cm³/mol. The molecule has 0 radical (unpaired) electrons. The zero-order chi connectivity index (χ0) is 11.3. The maximum absolute atomic E-state index is 9.82. The molecule has 3 heteroatoms. The molecule has 0 saturated heterocycles. The largest absolute Gasteiger partial charge is 0.507 e. The molecule has 84 valence electrons. The molecule has 0 aliphatic rings. The second-order valence-electron chi connectivity index (χ2n) is 3.90. The van der Waals surface area contributed by atoms with Crippen molar-refractivity contribution in [2.24, 2.45) is 11.5 Å². The second-order valence-corrected chi connectivity index (χ2v) is 3.90. The number of unbranched alkanes of at least 4 members (excludes halogenated alkanes) is 1. The quantitative estimate of drug-likeness (QED) is 0.646. The van der Waals surface area contributed by atoms with E-state index in [1.54, 1.807) is 0 Å². The van der Waals surface area contributed by atoms with Crippen molar-refractivity contribution < 1.29 is 5.11 Å². The Kier molecular flexibility index (Phi) is 4.59. The van der Waals surface area contributed by atoms with Gasteiger partial charge in [-0.2, -0.15) is 0 Å². The Labute approximate surface area is 91.1 Å². The number of hydrogen-bond acceptors (Lipinski definition) is 3. The fourth-order valence-corrected chi connectivity index (χ4v) is 1.64. The van der Waals surface area contributed by atoms with Crippen molar-refractivity contribution in [1.29, 1.82) is 0 Å². The lowest BCUT2D eigenvalue weighted by molar-refractivity contribution is 0.452. The van der Waals surface area contributed by atoms with E-state index in [4.69, 9.17) is 11.5 Å². The Balaban J connectivity index is 2.65. The number of para-hydroxylation sites is 1. The van der Waals surface area contributed by atoms with Crippen molar-refractivity contribution in [3.8, 4) is 5.75 Å². The van der Waals surface area contributed by atoms with Crippen molar-refractivity contribution in [3.05, 3.63) is 29.3 Å². The van der Waals surface area contributed by atoms with Crippen molar-refractivity contribution >= 4 is 0 Å². The molecule has 0 aliphatic carbocycles. The molecule has 0 saturated carbocycles. The molecule has 0 spiro atoms. The molecule has 0 bridgehead atoms. The Hall–Kier alpha value is -1.06. The van der Waals surface area contributed by atoms with E-state index in [1.807, 2.05) is 25.1 Å². The summed E-state index contributed by atoms with van der Waals surface area (Å²) in [7, 11) is 0. The first-order valence-electron chi connectivity index (χ1n) is 5.41. The summed E-state index contributed by atoms with van der Waals surface area (Å²) in [6.45, 7) is 2.58. The minimum atomic E-state index is -0.0866. The minimum Gasteiger partial charge on any atom is -0.507 e. The zero-order valence-corrected chi connectivity index (χ0v) is 9.24. The summed E-state index contributed by atoms with van der Waals surface area (Å²) in [5, 5.41) is 9.82. The van der Waals surface area contributed by atoms with Crippen LogP contribution in [0.25, 0.3) is 0 Å². The average Bonchev–Trinajstić information content (AvgIpc) is 2.22. The summed E-state index contributed by atoms with van der Waals surface area (Å²) >= 11 is 0. The van der Waals surface area contributed by atoms with Crippen LogP contribution in [0.3, 0.4) is 0 Å². The number of hydrogen-bond donors (Lipinski definition) is 3. The van der Waals surface area contributed by atoms with E-state index >= 15 is 0 Å². The van der Waals surface area contributed by atoms with Crippen molar-refractivity contribution in [2.45, 2.75) is 32.2 Å². The van der Waals surface area contributed by atoms with E-state index in [0.717, 1.165) is 30.4 Å². The lowest BCUT2D eigenvalue weighted by Gasteiger charge is -2.14. The van der Waals surface area contributed by atoms with Crippen molar-refractivity contribution in [2.75, 3.05) is 6.54 Å². The Morgan fingerprint density at radius 1 is 1.33 bits per heavy atom. The lowest BCUT2D eigenvalue weighted by atomic mass is 9.99. The number of benzene rings is 1. The monoisotopic (exact) mass is 208 g/mol. The van der Waals surface area contributed by atoms with Crippen LogP contribution < -0.4 is 11.5 Å². The van der Waals surface area contributed by atoms with Gasteiger partial charge in [0.1, 0.15) is 5.75 Å². The van der Waals surface area contributed by atoms with Gasteiger partial charge in [0.05, 0.1) is 0 Å². The number of rotatable bonds is 5. The van der Waals surface area contributed by atoms with Crippen LogP contribution >= 0.6 is 0 Å². The molecule has 0 heterocycles. The molecule has 5 N–H and O–H groups in total. The molecule has 15 heavy (non-hydrogen) atoms. The third-order valence-electron chi connectivity index (χ3n) is 2.64. The van der Waals surface area contributed by atoms with E-state index in [1.165, 1.54) is 0 Å². The third kappa shape index (κ3) is 3.22. The molecule has 1 atom stereocenters. The standard InChI is InChI=1S/C12H20N2O/c1-9-5-4-6-10(12(9)15)11(14)7-2-3-8-13/h4-6,11,15H,2-3,7-8,13-14H2,1H3/t11-/m0/s1. The normalized spacial score (nSPS) is 12.7. The molecular formula is C12H20N2O. The van der Waals surface area contributed by atoms with E-state index in [0.29, 0.717) is 12.3 Å². The van der Waals surface area contributed by atoms with Gasteiger partial charge in [-0.1, -0.05) is 24.6 Å². The van der Waals surface area contributed by atoms with Gasteiger partial charge in [0.15, 0.2) is 0 Å². The maximum atomic E-state index is 9.82. The highest BCUT2D eigenvalue weighted by Gasteiger charge is 2.11. The van der Waals surface area contributed by atoms with Crippen LogP contribution in [0.15, 0.2) is 18.2 Å². The van der Waals surface area contributed by atoms with Crippen LogP contribution in [-0.4, -0.2) is 11.7 Å². The number of phenols is 1. The number of aryl methyl sites for hydroxylation is 1. The molecular weight excluding hydrogens is 188 g/mol. The molecule has 0 fully saturated rings. The topological polar surface area (TPSA) is 72.3 Å². The molecule has 0 aliphatic heterocycles. The van der Waals surface area contributed by atoms with Gasteiger partial charge in [-0.05, 0) is 31.9 Å². The molecule has 1 aromatic carbocycles. The number of phenolic OH excluding ortho intramolecular Hbond substituents is 1. The SMILES string of the molecule is Cc1cccc([C@@H](N)CCCCN)c1O. The number of aromatic hydroxyl groups is 1. The Bertz CT molecular complexity index is 312. The first kappa shape index (κ1) is 12.0. The third-order valence-corrected chi connectivity index (χ3v) is 2.64. The fraction of sp³-hybridized carbons (Fsp3) is 0.500. The van der Waals surface area contributed by atoms with E-state index in [-0.39, 0.29) is 6.04 Å². The van der Waals surface area contributed by atoms with Crippen LogP contribution in [0.5, 0.6) is 5.75 Å². The van der Waals surface area contributed by atoms with Crippen LogP contribution in [0.4, 0.5) is 0 Å². The molecule has 0 unspecified atom stereocenters. The Morgan fingerprint density at radius 2 is 2.07 bits per heavy atom. The highest BCUT2D eigenvalue weighted by molar-refractivity contribution is 5.41. The first-order chi connectivity index (χ1) is 7.16. The summed E-state index contributed by atoms with van der Waals surface area (Å²) in [6, 6.07) is 5.60. The second kappa shape index (κ2) is 5.73. The maximum Gasteiger partial charge on any atom is 0.123 e. The summed E-state index contributed by atoms with van der Waals surface area (Å²) in [5.74, 6) is 0.331. The van der Waals surface area contributed by atoms with Gasteiger partial charge in [0, 0.05) is 11.6 Å². The molecule has 0 amide bonds. The fourth-order valence-electron chi connectivity index (χ4n) is 1.64. The first-order valence-corrected chi connectivity index (χ1v) is 5.41.